The zero-order chi connectivity index (χ0) is 13.2. The van der Waals surface area contributed by atoms with E-state index in [2.05, 4.69) is 45.0 Å². The zero-order valence-electron chi connectivity index (χ0n) is 11.5. The lowest BCUT2D eigenvalue weighted by atomic mass is 9.67. The van der Waals surface area contributed by atoms with Gasteiger partial charge in [-0.05, 0) is 38.8 Å². The molecule has 2 heteroatoms. The molecule has 0 saturated heterocycles. The van der Waals surface area contributed by atoms with Gasteiger partial charge >= 0.3 is 0 Å². The topological polar surface area (TPSA) is 17.1 Å². The molecule has 1 aromatic carbocycles. The normalized spacial score (nSPS) is 25.2. The van der Waals surface area contributed by atoms with Crippen LogP contribution in [-0.2, 0) is 4.79 Å². The molecule has 0 amide bonds. The first-order valence-electron chi connectivity index (χ1n) is 6.73. The van der Waals surface area contributed by atoms with Crippen LogP contribution < -0.4 is 0 Å². The second-order valence-electron chi connectivity index (χ2n) is 5.89. The second kappa shape index (κ2) is 5.08. The number of ketones is 1. The van der Waals surface area contributed by atoms with Gasteiger partial charge in [-0.15, -0.1) is 11.8 Å². The van der Waals surface area contributed by atoms with E-state index in [0.717, 1.165) is 19.3 Å². The summed E-state index contributed by atoms with van der Waals surface area (Å²) in [4.78, 5) is 13.6. The molecule has 0 aliphatic heterocycles. The van der Waals surface area contributed by atoms with Gasteiger partial charge in [0.15, 0.2) is 0 Å². The predicted octanol–water partition coefficient (Wildman–Crippen LogP) is 4.71. The van der Waals surface area contributed by atoms with Crippen LogP contribution in [0.2, 0.25) is 0 Å². The predicted molar refractivity (Wildman–Crippen MR) is 78.0 cm³/mol. The molecule has 1 unspecified atom stereocenters. The molecule has 0 spiro atoms. The third kappa shape index (κ3) is 2.49. The first-order chi connectivity index (χ1) is 8.46. The van der Waals surface area contributed by atoms with Crippen molar-refractivity contribution in [2.24, 2.45) is 5.41 Å². The average molecular weight is 262 g/mol. The molecule has 98 valence electrons. The van der Waals surface area contributed by atoms with Crippen molar-refractivity contribution in [3.05, 3.63) is 30.3 Å². The second-order valence-corrected chi connectivity index (χ2v) is 7.58. The summed E-state index contributed by atoms with van der Waals surface area (Å²) in [6.07, 6.45) is 4.04. The molecule has 0 heterocycles. The lowest BCUT2D eigenvalue weighted by Crippen LogP contribution is -2.46. The maximum atomic E-state index is 12.3. The van der Waals surface area contributed by atoms with Crippen LogP contribution in [-0.4, -0.2) is 10.5 Å². The van der Waals surface area contributed by atoms with Gasteiger partial charge in [0.25, 0.3) is 0 Å². The minimum Gasteiger partial charge on any atom is -0.299 e. The summed E-state index contributed by atoms with van der Waals surface area (Å²) < 4.78 is -0.0497. The largest absolute Gasteiger partial charge is 0.299 e. The van der Waals surface area contributed by atoms with Crippen LogP contribution in [0.1, 0.15) is 46.5 Å². The first-order valence-corrected chi connectivity index (χ1v) is 7.55. The molecular weight excluding hydrogens is 240 g/mol. The van der Waals surface area contributed by atoms with E-state index in [0.29, 0.717) is 5.78 Å². The molecule has 0 bridgehead atoms. The Hall–Kier alpha value is -0.760. The zero-order valence-corrected chi connectivity index (χ0v) is 12.3. The maximum Gasteiger partial charge on any atom is 0.140 e. The van der Waals surface area contributed by atoms with E-state index in [9.17, 15) is 4.79 Å². The van der Waals surface area contributed by atoms with E-state index in [1.165, 1.54) is 11.3 Å². The highest BCUT2D eigenvalue weighted by atomic mass is 32.2. The van der Waals surface area contributed by atoms with Crippen molar-refractivity contribution in [1.29, 1.82) is 0 Å². The van der Waals surface area contributed by atoms with E-state index in [-0.39, 0.29) is 10.2 Å². The molecule has 1 aliphatic rings. The minimum atomic E-state index is -0.189. The van der Waals surface area contributed by atoms with Gasteiger partial charge in [-0.1, -0.05) is 31.5 Å². The summed E-state index contributed by atoms with van der Waals surface area (Å²) in [7, 11) is 0. The van der Waals surface area contributed by atoms with Gasteiger partial charge in [0, 0.05) is 21.5 Å². The van der Waals surface area contributed by atoms with E-state index < -0.39 is 0 Å². The molecule has 0 radical (unpaired) electrons. The number of carbonyl (C=O) groups is 1. The monoisotopic (exact) mass is 262 g/mol. The van der Waals surface area contributed by atoms with Gasteiger partial charge in [0.2, 0.25) is 0 Å². The SMILES string of the molecule is CC(C)(Sc1ccccc1)C1(C)CCCCC1=O. The van der Waals surface area contributed by atoms with Crippen LogP contribution in [0.15, 0.2) is 35.2 Å². The van der Waals surface area contributed by atoms with Crippen molar-refractivity contribution in [2.45, 2.75) is 56.1 Å². The van der Waals surface area contributed by atoms with Crippen molar-refractivity contribution in [3.8, 4) is 0 Å². The summed E-state index contributed by atoms with van der Waals surface area (Å²) in [5.41, 5.74) is -0.189. The van der Waals surface area contributed by atoms with Crippen LogP contribution in [0, 0.1) is 5.41 Å². The number of hydrogen-bond donors (Lipinski definition) is 0. The van der Waals surface area contributed by atoms with Crippen LogP contribution >= 0.6 is 11.8 Å². The van der Waals surface area contributed by atoms with E-state index in [4.69, 9.17) is 0 Å². The van der Waals surface area contributed by atoms with E-state index in [1.54, 1.807) is 0 Å². The lowest BCUT2D eigenvalue weighted by Gasteiger charge is -2.45. The van der Waals surface area contributed by atoms with E-state index >= 15 is 0 Å². The molecule has 1 saturated carbocycles. The first kappa shape index (κ1) is 13.7. The van der Waals surface area contributed by atoms with Crippen molar-refractivity contribution in [1.82, 2.24) is 0 Å². The molecule has 1 nitrogen and oxygen atoms in total. The Bertz CT molecular complexity index is 424. The molecule has 1 atom stereocenters. The Morgan fingerprint density at radius 3 is 2.44 bits per heavy atom. The number of Topliss-reactive ketones (excluding diaryl/α,β-unsaturated/α-hetero) is 1. The Kier molecular flexibility index (Phi) is 3.86. The fourth-order valence-corrected chi connectivity index (χ4v) is 4.04. The highest BCUT2D eigenvalue weighted by Gasteiger charge is 2.47. The number of rotatable bonds is 3. The van der Waals surface area contributed by atoms with Gasteiger partial charge in [-0.25, -0.2) is 0 Å². The van der Waals surface area contributed by atoms with Crippen molar-refractivity contribution >= 4 is 17.5 Å². The van der Waals surface area contributed by atoms with Gasteiger partial charge in [-0.2, -0.15) is 0 Å². The third-order valence-electron chi connectivity index (χ3n) is 4.39. The number of benzene rings is 1. The van der Waals surface area contributed by atoms with Crippen molar-refractivity contribution in [2.75, 3.05) is 0 Å². The molecule has 2 rings (SSSR count). The van der Waals surface area contributed by atoms with Crippen molar-refractivity contribution < 1.29 is 4.79 Å². The number of hydrogen-bond acceptors (Lipinski definition) is 2. The van der Waals surface area contributed by atoms with Gasteiger partial charge in [0.1, 0.15) is 5.78 Å². The summed E-state index contributed by atoms with van der Waals surface area (Å²) in [6, 6.07) is 10.4. The quantitative estimate of drug-likeness (QED) is 0.734. The fourth-order valence-electron chi connectivity index (χ4n) is 2.71. The van der Waals surface area contributed by atoms with Gasteiger partial charge in [0.05, 0.1) is 0 Å². The van der Waals surface area contributed by atoms with E-state index in [1.807, 2.05) is 17.8 Å². The highest BCUT2D eigenvalue weighted by molar-refractivity contribution is 8.00. The number of thioether (sulfide) groups is 1. The molecule has 18 heavy (non-hydrogen) atoms. The lowest BCUT2D eigenvalue weighted by molar-refractivity contribution is -0.131. The van der Waals surface area contributed by atoms with Crippen molar-refractivity contribution in [3.63, 3.8) is 0 Å². The molecular formula is C16H22OS. The number of carbonyl (C=O) groups excluding carboxylic acids is 1. The van der Waals surface area contributed by atoms with Gasteiger partial charge < -0.3 is 0 Å². The summed E-state index contributed by atoms with van der Waals surface area (Å²) in [6.45, 7) is 6.59. The van der Waals surface area contributed by atoms with Crippen LogP contribution in [0.5, 0.6) is 0 Å². The molecule has 1 aromatic rings. The van der Waals surface area contributed by atoms with Crippen LogP contribution in [0.4, 0.5) is 0 Å². The Morgan fingerprint density at radius 2 is 1.83 bits per heavy atom. The maximum absolute atomic E-state index is 12.3. The molecule has 0 aromatic heterocycles. The summed E-state index contributed by atoms with van der Waals surface area (Å²) in [5.74, 6) is 0.446. The minimum absolute atomic E-state index is 0.0497. The summed E-state index contributed by atoms with van der Waals surface area (Å²) in [5, 5.41) is 0. The summed E-state index contributed by atoms with van der Waals surface area (Å²) >= 11 is 1.83. The molecule has 1 fully saturated rings. The Labute approximate surface area is 114 Å². The third-order valence-corrected chi connectivity index (χ3v) is 5.86. The smallest absolute Gasteiger partial charge is 0.140 e. The average Bonchev–Trinajstić information content (AvgIpc) is 2.33. The van der Waals surface area contributed by atoms with Crippen LogP contribution in [0.25, 0.3) is 0 Å². The van der Waals surface area contributed by atoms with Gasteiger partial charge in [-0.3, -0.25) is 4.79 Å². The highest BCUT2D eigenvalue weighted by Crippen LogP contribution is 2.51. The Morgan fingerprint density at radius 1 is 1.17 bits per heavy atom. The fraction of sp³-hybridized carbons (Fsp3) is 0.562. The molecule has 0 N–H and O–H groups in total. The van der Waals surface area contributed by atoms with Crippen LogP contribution in [0.3, 0.4) is 0 Å². The Balaban J connectivity index is 2.21. The standard InChI is InChI=1S/C16H22OS/c1-15(2,18-13-9-5-4-6-10-13)16(3)12-8-7-11-14(16)17/h4-6,9-10H,7-8,11-12H2,1-3H3. The molecule has 1 aliphatic carbocycles.